The summed E-state index contributed by atoms with van der Waals surface area (Å²) in [4.78, 5) is 0. The van der Waals surface area contributed by atoms with E-state index in [1.807, 2.05) is 23.1 Å². The lowest BCUT2D eigenvalue weighted by molar-refractivity contribution is 0.337. The van der Waals surface area contributed by atoms with Crippen molar-refractivity contribution in [1.82, 2.24) is 15.1 Å². The summed E-state index contributed by atoms with van der Waals surface area (Å²) in [6.07, 6.45) is 10.8. The molecule has 2 atom stereocenters. The van der Waals surface area contributed by atoms with Crippen molar-refractivity contribution < 1.29 is 0 Å². The number of nitrogens with zero attached hydrogens (tertiary/aromatic N) is 2. The van der Waals surface area contributed by atoms with Crippen LogP contribution >= 0.6 is 0 Å². The summed E-state index contributed by atoms with van der Waals surface area (Å²) in [6, 6.07) is 2.71. The molecule has 1 aromatic heterocycles. The molecule has 0 amide bonds. The molecule has 0 aliphatic heterocycles. The van der Waals surface area contributed by atoms with Crippen LogP contribution in [0.5, 0.6) is 0 Å². The van der Waals surface area contributed by atoms with E-state index in [-0.39, 0.29) is 0 Å². The maximum atomic E-state index is 4.23. The van der Waals surface area contributed by atoms with Crippen LogP contribution in [0.3, 0.4) is 0 Å². The van der Waals surface area contributed by atoms with E-state index >= 15 is 0 Å². The minimum Gasteiger partial charge on any atom is -0.312 e. The highest BCUT2D eigenvalue weighted by atomic mass is 15.3. The number of hydrogen-bond donors (Lipinski definition) is 1. The molecule has 1 aliphatic rings. The first kappa shape index (κ1) is 13.6. The Balaban J connectivity index is 1.67. The summed E-state index contributed by atoms with van der Waals surface area (Å²) >= 11 is 0. The van der Waals surface area contributed by atoms with Crippen LogP contribution in [-0.4, -0.2) is 22.4 Å². The van der Waals surface area contributed by atoms with E-state index in [4.69, 9.17) is 0 Å². The van der Waals surface area contributed by atoms with E-state index in [1.165, 1.54) is 32.1 Å². The van der Waals surface area contributed by atoms with Crippen LogP contribution < -0.4 is 5.32 Å². The van der Waals surface area contributed by atoms with Gasteiger partial charge in [0.25, 0.3) is 0 Å². The fourth-order valence-electron chi connectivity index (χ4n) is 3.02. The molecule has 1 aromatic rings. The lowest BCUT2D eigenvalue weighted by Crippen LogP contribution is -2.31. The van der Waals surface area contributed by atoms with Gasteiger partial charge < -0.3 is 5.32 Å². The van der Waals surface area contributed by atoms with Crippen LogP contribution in [-0.2, 0) is 6.54 Å². The third-order valence-electron chi connectivity index (χ3n) is 4.29. The predicted octanol–water partition coefficient (Wildman–Crippen LogP) is 3.08. The summed E-state index contributed by atoms with van der Waals surface area (Å²) in [5.74, 6) is 1.80. The molecule has 1 saturated carbocycles. The Kier molecular flexibility index (Phi) is 5.24. The van der Waals surface area contributed by atoms with E-state index in [2.05, 4.69) is 24.3 Å². The third-order valence-corrected chi connectivity index (χ3v) is 4.29. The molecule has 0 bridgehead atoms. The minimum atomic E-state index is 0.726. The first-order chi connectivity index (χ1) is 8.75. The minimum absolute atomic E-state index is 0.726. The van der Waals surface area contributed by atoms with E-state index < -0.39 is 0 Å². The van der Waals surface area contributed by atoms with Crippen LogP contribution in [0.2, 0.25) is 0 Å². The van der Waals surface area contributed by atoms with E-state index in [9.17, 15) is 0 Å². The van der Waals surface area contributed by atoms with Gasteiger partial charge in [-0.25, -0.2) is 0 Å². The molecule has 0 aromatic carbocycles. The normalized spacial score (nSPS) is 25.3. The zero-order valence-corrected chi connectivity index (χ0v) is 11.8. The summed E-state index contributed by atoms with van der Waals surface area (Å²) < 4.78 is 2.00. The lowest BCUT2D eigenvalue weighted by Gasteiger charge is -2.19. The van der Waals surface area contributed by atoms with Crippen molar-refractivity contribution in [2.75, 3.05) is 6.54 Å². The Morgan fingerprint density at radius 1 is 1.28 bits per heavy atom. The van der Waals surface area contributed by atoms with Gasteiger partial charge in [0.2, 0.25) is 0 Å². The fourth-order valence-corrected chi connectivity index (χ4v) is 3.02. The molecular formula is C15H27N3. The van der Waals surface area contributed by atoms with Gasteiger partial charge >= 0.3 is 0 Å². The fraction of sp³-hybridized carbons (Fsp3) is 0.800. The maximum absolute atomic E-state index is 4.23. The molecule has 0 saturated heterocycles. The quantitative estimate of drug-likeness (QED) is 0.813. The van der Waals surface area contributed by atoms with E-state index in [0.29, 0.717) is 0 Å². The summed E-state index contributed by atoms with van der Waals surface area (Å²) in [7, 11) is 0. The Morgan fingerprint density at radius 2 is 2.17 bits per heavy atom. The molecule has 3 nitrogen and oxygen atoms in total. The van der Waals surface area contributed by atoms with Crippen molar-refractivity contribution in [3.05, 3.63) is 18.5 Å². The zero-order valence-electron chi connectivity index (χ0n) is 11.8. The lowest BCUT2D eigenvalue weighted by atomic mass is 9.89. The van der Waals surface area contributed by atoms with Gasteiger partial charge in [-0.2, -0.15) is 5.10 Å². The van der Waals surface area contributed by atoms with Crippen LogP contribution in [0.4, 0.5) is 0 Å². The third kappa shape index (κ3) is 4.13. The van der Waals surface area contributed by atoms with Gasteiger partial charge in [0.15, 0.2) is 0 Å². The van der Waals surface area contributed by atoms with E-state index in [0.717, 1.165) is 31.0 Å². The van der Waals surface area contributed by atoms with Crippen molar-refractivity contribution in [3.63, 3.8) is 0 Å². The summed E-state index contributed by atoms with van der Waals surface area (Å²) in [5, 5.41) is 7.93. The Labute approximate surface area is 111 Å². The van der Waals surface area contributed by atoms with Crippen LogP contribution in [0, 0.1) is 11.8 Å². The van der Waals surface area contributed by atoms with E-state index in [1.54, 1.807) is 0 Å². The molecule has 1 N–H and O–H groups in total. The SMILES string of the molecule is CC(C)C1CCCC(NCCn2cccn2)CC1. The number of nitrogens with one attached hydrogen (secondary N) is 1. The molecular weight excluding hydrogens is 222 g/mol. The highest BCUT2D eigenvalue weighted by Gasteiger charge is 2.20. The molecule has 2 unspecified atom stereocenters. The van der Waals surface area contributed by atoms with Gasteiger partial charge in [-0.15, -0.1) is 0 Å². The Bertz CT molecular complexity index is 318. The summed E-state index contributed by atoms with van der Waals surface area (Å²) in [5.41, 5.74) is 0. The van der Waals surface area contributed by atoms with Crippen molar-refractivity contribution in [2.24, 2.45) is 11.8 Å². The molecule has 0 spiro atoms. The monoisotopic (exact) mass is 249 g/mol. The topological polar surface area (TPSA) is 29.9 Å². The zero-order chi connectivity index (χ0) is 12.8. The van der Waals surface area contributed by atoms with Crippen molar-refractivity contribution in [2.45, 2.75) is 58.5 Å². The number of hydrogen-bond acceptors (Lipinski definition) is 2. The van der Waals surface area contributed by atoms with Crippen molar-refractivity contribution >= 4 is 0 Å². The van der Waals surface area contributed by atoms with Crippen molar-refractivity contribution in [3.8, 4) is 0 Å². The average Bonchev–Trinajstić information content (AvgIpc) is 2.73. The van der Waals surface area contributed by atoms with Crippen LogP contribution in [0.15, 0.2) is 18.5 Å². The van der Waals surface area contributed by atoms with Crippen LogP contribution in [0.25, 0.3) is 0 Å². The van der Waals surface area contributed by atoms with Crippen molar-refractivity contribution in [1.29, 1.82) is 0 Å². The summed E-state index contributed by atoms with van der Waals surface area (Å²) in [6.45, 7) is 6.77. The molecule has 1 fully saturated rings. The maximum Gasteiger partial charge on any atom is 0.0534 e. The number of aromatic nitrogens is 2. The van der Waals surface area contributed by atoms with Crippen LogP contribution in [0.1, 0.15) is 46.0 Å². The standard InChI is InChI=1S/C15H27N3/c1-13(2)14-5-3-6-15(8-7-14)16-10-12-18-11-4-9-17-18/h4,9,11,13-16H,3,5-8,10,12H2,1-2H3. The molecule has 1 aliphatic carbocycles. The Hall–Kier alpha value is -0.830. The second-order valence-electron chi connectivity index (χ2n) is 5.93. The number of rotatable bonds is 5. The Morgan fingerprint density at radius 3 is 2.89 bits per heavy atom. The van der Waals surface area contributed by atoms with Gasteiger partial charge in [0.05, 0.1) is 6.54 Å². The molecule has 0 radical (unpaired) electrons. The van der Waals surface area contributed by atoms with Gasteiger partial charge in [-0.1, -0.05) is 26.7 Å². The molecule has 1 heterocycles. The van der Waals surface area contributed by atoms with Gasteiger partial charge in [-0.3, -0.25) is 4.68 Å². The highest BCUT2D eigenvalue weighted by Crippen LogP contribution is 2.28. The largest absolute Gasteiger partial charge is 0.312 e. The molecule has 102 valence electrons. The second kappa shape index (κ2) is 6.93. The highest BCUT2D eigenvalue weighted by molar-refractivity contribution is 4.79. The average molecular weight is 249 g/mol. The van der Waals surface area contributed by atoms with Gasteiger partial charge in [0.1, 0.15) is 0 Å². The smallest absolute Gasteiger partial charge is 0.0534 e. The predicted molar refractivity (Wildman–Crippen MR) is 75.4 cm³/mol. The molecule has 2 rings (SSSR count). The molecule has 18 heavy (non-hydrogen) atoms. The second-order valence-corrected chi connectivity index (χ2v) is 5.93. The van der Waals surface area contributed by atoms with Gasteiger partial charge in [-0.05, 0) is 37.2 Å². The first-order valence-corrected chi connectivity index (χ1v) is 7.46. The van der Waals surface area contributed by atoms with Gasteiger partial charge in [0, 0.05) is 25.0 Å². The molecule has 3 heteroatoms. The first-order valence-electron chi connectivity index (χ1n) is 7.46.